The number of hydrogen-bond donors (Lipinski definition) is 1. The largest absolute Gasteiger partial charge is 0.434 e. The third-order valence-electron chi connectivity index (χ3n) is 1.95. The highest BCUT2D eigenvalue weighted by atomic mass is 79.9. The monoisotopic (exact) mass is 335 g/mol. The lowest BCUT2D eigenvalue weighted by Crippen LogP contribution is -1.98. The summed E-state index contributed by atoms with van der Waals surface area (Å²) in [6.07, 6.45) is 1.10. The molecule has 4 nitrogen and oxygen atoms in total. The number of rotatable bonds is 2. The molecule has 94 valence electrons. The Morgan fingerprint density at radius 2 is 2.00 bits per heavy atom. The number of ether oxygens (including phenoxy) is 1. The fraction of sp³-hybridized carbons (Fsp3) is 0. The van der Waals surface area contributed by atoms with Crippen LogP contribution in [0.1, 0.15) is 0 Å². The van der Waals surface area contributed by atoms with Crippen molar-refractivity contribution in [2.45, 2.75) is 0 Å². The van der Waals surface area contributed by atoms with Gasteiger partial charge < -0.3 is 10.5 Å². The van der Waals surface area contributed by atoms with Gasteiger partial charge >= 0.3 is 0 Å². The van der Waals surface area contributed by atoms with Gasteiger partial charge in [-0.3, -0.25) is 0 Å². The first-order chi connectivity index (χ1) is 8.49. The van der Waals surface area contributed by atoms with Crippen LogP contribution >= 0.6 is 27.5 Å². The van der Waals surface area contributed by atoms with E-state index in [-0.39, 0.29) is 22.5 Å². The number of nitrogen functional groups attached to an aromatic ring is 1. The number of benzene rings is 1. The molecule has 8 heteroatoms. The van der Waals surface area contributed by atoms with E-state index in [4.69, 9.17) is 22.1 Å². The fourth-order valence-electron chi connectivity index (χ4n) is 1.15. The topological polar surface area (TPSA) is 61.0 Å². The molecule has 1 aromatic carbocycles. The predicted molar refractivity (Wildman–Crippen MR) is 65.6 cm³/mol. The van der Waals surface area contributed by atoms with Crippen molar-refractivity contribution in [2.75, 3.05) is 5.73 Å². The lowest BCUT2D eigenvalue weighted by atomic mass is 10.3. The van der Waals surface area contributed by atoms with Crippen molar-refractivity contribution in [3.05, 3.63) is 39.6 Å². The van der Waals surface area contributed by atoms with Crippen molar-refractivity contribution in [1.29, 1.82) is 0 Å². The highest BCUT2D eigenvalue weighted by Crippen LogP contribution is 2.33. The summed E-state index contributed by atoms with van der Waals surface area (Å²) in [5.41, 5.74) is 5.43. The minimum Gasteiger partial charge on any atom is -0.434 e. The smallest absolute Gasteiger partial charge is 0.243 e. The minimum atomic E-state index is -1.15. The summed E-state index contributed by atoms with van der Waals surface area (Å²) < 4.78 is 32.0. The highest BCUT2D eigenvalue weighted by Gasteiger charge is 2.15. The van der Waals surface area contributed by atoms with Crippen LogP contribution in [0.2, 0.25) is 5.02 Å². The molecule has 0 atom stereocenters. The average Bonchev–Trinajstić information content (AvgIpc) is 2.31. The third kappa shape index (κ3) is 2.51. The van der Waals surface area contributed by atoms with Crippen LogP contribution in [-0.2, 0) is 0 Å². The molecule has 0 saturated heterocycles. The van der Waals surface area contributed by atoms with Gasteiger partial charge in [-0.2, -0.15) is 9.37 Å². The summed E-state index contributed by atoms with van der Waals surface area (Å²) >= 11 is 8.79. The van der Waals surface area contributed by atoms with Gasteiger partial charge in [0.25, 0.3) is 0 Å². The second-order valence-electron chi connectivity index (χ2n) is 3.18. The fourth-order valence-corrected chi connectivity index (χ4v) is 1.69. The van der Waals surface area contributed by atoms with Gasteiger partial charge in [-0.25, -0.2) is 9.37 Å². The van der Waals surface area contributed by atoms with E-state index >= 15 is 0 Å². The number of nitrogens with two attached hydrogens (primary N) is 1. The van der Waals surface area contributed by atoms with Gasteiger partial charge in [0, 0.05) is 4.47 Å². The van der Waals surface area contributed by atoms with Crippen molar-refractivity contribution < 1.29 is 13.5 Å². The normalized spacial score (nSPS) is 10.4. The lowest BCUT2D eigenvalue weighted by Gasteiger charge is -2.08. The first kappa shape index (κ1) is 13.0. The number of halogens is 4. The molecule has 0 radical (unpaired) electrons. The molecule has 0 aliphatic rings. The average molecular weight is 337 g/mol. The Labute approximate surface area is 114 Å². The summed E-state index contributed by atoms with van der Waals surface area (Å²) in [6, 6.07) is 2.21. The van der Waals surface area contributed by atoms with Gasteiger partial charge in [-0.15, -0.1) is 0 Å². The quantitative estimate of drug-likeness (QED) is 0.852. The van der Waals surface area contributed by atoms with Crippen LogP contribution in [-0.4, -0.2) is 9.97 Å². The lowest BCUT2D eigenvalue weighted by molar-refractivity contribution is 0.404. The van der Waals surface area contributed by atoms with Crippen molar-refractivity contribution in [3.63, 3.8) is 0 Å². The van der Waals surface area contributed by atoms with Gasteiger partial charge in [0.2, 0.25) is 11.7 Å². The Kier molecular flexibility index (Phi) is 3.63. The summed E-state index contributed by atoms with van der Waals surface area (Å²) in [7, 11) is 0. The molecule has 2 aromatic rings. The third-order valence-corrected chi connectivity index (χ3v) is 2.76. The standard InChI is InChI=1S/C10H5BrClF2N3O/c11-4-1-5(13)8(14)6(2-4)18-10-7(12)9(15)16-3-17-10/h1-3H,(H2,15,16,17). The molecule has 2 rings (SSSR count). The van der Waals surface area contributed by atoms with E-state index in [1.165, 1.54) is 6.07 Å². The molecule has 0 amide bonds. The Morgan fingerprint density at radius 1 is 1.28 bits per heavy atom. The molecule has 0 aliphatic carbocycles. The molecular weight excluding hydrogens is 331 g/mol. The second kappa shape index (κ2) is 5.03. The van der Waals surface area contributed by atoms with E-state index in [2.05, 4.69) is 25.9 Å². The van der Waals surface area contributed by atoms with Crippen molar-refractivity contribution in [2.24, 2.45) is 0 Å². The van der Waals surface area contributed by atoms with Crippen molar-refractivity contribution in [1.82, 2.24) is 9.97 Å². The molecule has 1 aromatic heterocycles. The molecule has 0 spiro atoms. The SMILES string of the molecule is Nc1ncnc(Oc2cc(Br)cc(F)c2F)c1Cl. The van der Waals surface area contributed by atoms with Crippen LogP contribution in [0.25, 0.3) is 0 Å². The molecule has 1 heterocycles. The Bertz CT molecular complexity index is 612. The molecule has 0 saturated carbocycles. The van der Waals surface area contributed by atoms with E-state index in [1.807, 2.05) is 0 Å². The van der Waals surface area contributed by atoms with Crippen LogP contribution < -0.4 is 10.5 Å². The summed E-state index contributed by atoms with van der Waals surface area (Å²) in [4.78, 5) is 7.30. The van der Waals surface area contributed by atoms with Gasteiger partial charge in [0.15, 0.2) is 11.6 Å². The van der Waals surface area contributed by atoms with Crippen LogP contribution in [0.3, 0.4) is 0 Å². The van der Waals surface area contributed by atoms with Gasteiger partial charge in [-0.1, -0.05) is 27.5 Å². The van der Waals surface area contributed by atoms with Crippen molar-refractivity contribution in [3.8, 4) is 11.6 Å². The van der Waals surface area contributed by atoms with Crippen LogP contribution in [0, 0.1) is 11.6 Å². The molecule has 0 bridgehead atoms. The predicted octanol–water partition coefficient (Wildman–Crippen LogP) is 3.55. The number of aromatic nitrogens is 2. The molecule has 0 unspecified atom stereocenters. The molecule has 0 aliphatic heterocycles. The Morgan fingerprint density at radius 3 is 2.72 bits per heavy atom. The molecule has 2 N–H and O–H groups in total. The van der Waals surface area contributed by atoms with Gasteiger partial charge in [0.05, 0.1) is 0 Å². The van der Waals surface area contributed by atoms with Crippen molar-refractivity contribution >= 4 is 33.3 Å². The van der Waals surface area contributed by atoms with Crippen LogP contribution in [0.5, 0.6) is 11.6 Å². The maximum absolute atomic E-state index is 13.5. The van der Waals surface area contributed by atoms with E-state index < -0.39 is 11.6 Å². The summed E-state index contributed by atoms with van der Waals surface area (Å²) in [5, 5.41) is -0.0720. The Balaban J connectivity index is 2.43. The number of anilines is 1. The van der Waals surface area contributed by atoms with E-state index in [1.54, 1.807) is 0 Å². The zero-order chi connectivity index (χ0) is 13.3. The van der Waals surface area contributed by atoms with E-state index in [0.29, 0.717) is 4.47 Å². The zero-order valence-electron chi connectivity index (χ0n) is 8.62. The van der Waals surface area contributed by atoms with E-state index in [0.717, 1.165) is 12.4 Å². The van der Waals surface area contributed by atoms with E-state index in [9.17, 15) is 8.78 Å². The van der Waals surface area contributed by atoms with Gasteiger partial charge in [-0.05, 0) is 12.1 Å². The second-order valence-corrected chi connectivity index (χ2v) is 4.47. The first-order valence-corrected chi connectivity index (χ1v) is 5.74. The molecule has 18 heavy (non-hydrogen) atoms. The minimum absolute atomic E-state index is 0.0162. The number of hydrogen-bond acceptors (Lipinski definition) is 4. The molecule has 0 fully saturated rings. The Hall–Kier alpha value is -1.47. The summed E-state index contributed by atoms with van der Waals surface area (Å²) in [6.45, 7) is 0. The van der Waals surface area contributed by atoms with Gasteiger partial charge in [0.1, 0.15) is 17.2 Å². The first-order valence-electron chi connectivity index (χ1n) is 4.57. The highest BCUT2D eigenvalue weighted by molar-refractivity contribution is 9.10. The zero-order valence-corrected chi connectivity index (χ0v) is 11.0. The number of nitrogens with zero attached hydrogens (tertiary/aromatic N) is 2. The van der Waals surface area contributed by atoms with Crippen LogP contribution in [0.15, 0.2) is 22.9 Å². The maximum atomic E-state index is 13.5. The maximum Gasteiger partial charge on any atom is 0.243 e. The summed E-state index contributed by atoms with van der Waals surface area (Å²) in [5.74, 6) is -2.73. The molecular formula is C10H5BrClF2N3O. The van der Waals surface area contributed by atoms with Crippen LogP contribution in [0.4, 0.5) is 14.6 Å².